The quantitative estimate of drug-likeness (QED) is 0.908. The van der Waals surface area contributed by atoms with Crippen LogP contribution in [-0.4, -0.2) is 5.11 Å². The lowest BCUT2D eigenvalue weighted by Crippen LogP contribution is -2.00. The van der Waals surface area contributed by atoms with Crippen LogP contribution in [0.5, 0.6) is 0 Å². The molecule has 0 bridgehead atoms. The van der Waals surface area contributed by atoms with Crippen molar-refractivity contribution in [2.75, 3.05) is 5.32 Å². The van der Waals surface area contributed by atoms with E-state index >= 15 is 0 Å². The van der Waals surface area contributed by atoms with Crippen molar-refractivity contribution < 1.29 is 5.11 Å². The molecule has 19 heavy (non-hydrogen) atoms. The predicted octanol–water partition coefficient (Wildman–Crippen LogP) is 3.43. The number of benzene rings is 2. The zero-order valence-corrected chi connectivity index (χ0v) is 11.8. The Morgan fingerprint density at radius 2 is 1.79 bits per heavy atom. The van der Waals surface area contributed by atoms with Gasteiger partial charge in [0.05, 0.1) is 18.2 Å². The first-order valence-electron chi connectivity index (χ1n) is 5.84. The zero-order chi connectivity index (χ0) is 13.7. The average Bonchev–Trinajstić information content (AvgIpc) is 2.45. The van der Waals surface area contributed by atoms with E-state index in [1.165, 1.54) is 0 Å². The second-order valence-electron chi connectivity index (χ2n) is 4.17. The summed E-state index contributed by atoms with van der Waals surface area (Å²) >= 11 is 3.38. The maximum Gasteiger partial charge on any atom is 0.0992 e. The molecule has 2 rings (SSSR count). The van der Waals surface area contributed by atoms with E-state index in [2.05, 4.69) is 27.3 Å². The molecule has 0 aliphatic rings. The second-order valence-corrected chi connectivity index (χ2v) is 5.08. The number of nitrogens with one attached hydrogen (secondary N) is 1. The number of hydrogen-bond donors (Lipinski definition) is 2. The number of nitrogens with zero attached hydrogens (tertiary/aromatic N) is 1. The van der Waals surface area contributed by atoms with Gasteiger partial charge in [0.2, 0.25) is 0 Å². The molecule has 96 valence electrons. The summed E-state index contributed by atoms with van der Waals surface area (Å²) in [5.74, 6) is 0. The normalized spacial score (nSPS) is 9.95. The Morgan fingerprint density at radius 1 is 1.11 bits per heavy atom. The summed E-state index contributed by atoms with van der Waals surface area (Å²) in [6, 6.07) is 15.4. The van der Waals surface area contributed by atoms with Gasteiger partial charge >= 0.3 is 0 Å². The molecule has 0 saturated heterocycles. The van der Waals surface area contributed by atoms with Crippen molar-refractivity contribution in [1.29, 1.82) is 5.26 Å². The first-order valence-corrected chi connectivity index (χ1v) is 6.64. The highest BCUT2D eigenvalue weighted by atomic mass is 79.9. The maximum absolute atomic E-state index is 8.97. The van der Waals surface area contributed by atoms with Crippen LogP contribution in [0.3, 0.4) is 0 Å². The average molecular weight is 317 g/mol. The number of rotatable bonds is 4. The van der Waals surface area contributed by atoms with Gasteiger partial charge in [-0.15, -0.1) is 0 Å². The minimum absolute atomic E-state index is 0.0604. The summed E-state index contributed by atoms with van der Waals surface area (Å²) in [5, 5.41) is 21.2. The fourth-order valence-corrected chi connectivity index (χ4v) is 2.22. The second kappa shape index (κ2) is 6.37. The van der Waals surface area contributed by atoms with Crippen molar-refractivity contribution >= 4 is 21.6 Å². The fraction of sp³-hybridized carbons (Fsp3) is 0.133. The van der Waals surface area contributed by atoms with Gasteiger partial charge in [0.1, 0.15) is 0 Å². The van der Waals surface area contributed by atoms with Gasteiger partial charge in [-0.3, -0.25) is 0 Å². The molecule has 0 unspecified atom stereocenters. The highest BCUT2D eigenvalue weighted by molar-refractivity contribution is 9.10. The molecule has 2 N–H and O–H groups in total. The molecular formula is C15H13BrN2O. The summed E-state index contributed by atoms with van der Waals surface area (Å²) in [4.78, 5) is 0. The molecule has 0 radical (unpaired) electrons. The first-order chi connectivity index (χ1) is 9.21. The summed E-state index contributed by atoms with van der Waals surface area (Å²) in [7, 11) is 0. The third-order valence-corrected chi connectivity index (χ3v) is 3.19. The lowest BCUT2D eigenvalue weighted by Gasteiger charge is -2.08. The molecule has 3 nitrogen and oxygen atoms in total. The summed E-state index contributed by atoms with van der Waals surface area (Å²) < 4.78 is 0.879. The maximum atomic E-state index is 8.97. The minimum atomic E-state index is 0.0604. The fourth-order valence-electron chi connectivity index (χ4n) is 1.72. The zero-order valence-electron chi connectivity index (χ0n) is 10.2. The Kier molecular flexibility index (Phi) is 4.56. The van der Waals surface area contributed by atoms with Crippen molar-refractivity contribution in [3.05, 3.63) is 63.6 Å². The summed E-state index contributed by atoms with van der Waals surface area (Å²) in [6.07, 6.45) is 0. The smallest absolute Gasteiger partial charge is 0.0992 e. The van der Waals surface area contributed by atoms with Crippen LogP contribution in [-0.2, 0) is 13.2 Å². The third-order valence-electron chi connectivity index (χ3n) is 2.73. The summed E-state index contributed by atoms with van der Waals surface area (Å²) in [5.41, 5.74) is 3.54. The van der Waals surface area contributed by atoms with Crippen molar-refractivity contribution in [3.63, 3.8) is 0 Å². The van der Waals surface area contributed by atoms with Crippen LogP contribution >= 0.6 is 15.9 Å². The molecule has 4 heteroatoms. The van der Waals surface area contributed by atoms with E-state index < -0.39 is 0 Å². The SMILES string of the molecule is N#Cc1cc(Br)cc(NCc2ccc(CO)cc2)c1. The Bertz CT molecular complexity index is 603. The molecule has 2 aromatic rings. The van der Waals surface area contributed by atoms with Crippen molar-refractivity contribution in [2.24, 2.45) is 0 Å². The standard InChI is InChI=1S/C15H13BrN2O/c16-14-5-13(8-17)6-15(7-14)18-9-11-1-3-12(10-19)4-2-11/h1-7,18-19H,9-10H2. The minimum Gasteiger partial charge on any atom is -0.392 e. The number of aliphatic hydroxyl groups excluding tert-OH is 1. The molecule has 0 aliphatic carbocycles. The Hall–Kier alpha value is -1.83. The van der Waals surface area contributed by atoms with E-state index in [1.807, 2.05) is 36.4 Å². The molecular weight excluding hydrogens is 304 g/mol. The molecule has 0 heterocycles. The molecule has 2 aromatic carbocycles. The van der Waals surface area contributed by atoms with Crippen LogP contribution in [0.1, 0.15) is 16.7 Å². The van der Waals surface area contributed by atoms with Gasteiger partial charge in [0.15, 0.2) is 0 Å². The predicted molar refractivity (Wildman–Crippen MR) is 78.5 cm³/mol. The molecule has 0 fully saturated rings. The highest BCUT2D eigenvalue weighted by Crippen LogP contribution is 2.19. The third kappa shape index (κ3) is 3.82. The largest absolute Gasteiger partial charge is 0.392 e. The van der Waals surface area contributed by atoms with Gasteiger partial charge in [-0.05, 0) is 29.3 Å². The summed E-state index contributed by atoms with van der Waals surface area (Å²) in [6.45, 7) is 0.734. The topological polar surface area (TPSA) is 56.0 Å². The number of hydrogen-bond acceptors (Lipinski definition) is 3. The van der Waals surface area contributed by atoms with Crippen LogP contribution in [0, 0.1) is 11.3 Å². The lowest BCUT2D eigenvalue weighted by molar-refractivity contribution is 0.282. The van der Waals surface area contributed by atoms with Crippen molar-refractivity contribution in [2.45, 2.75) is 13.2 Å². The number of aliphatic hydroxyl groups is 1. The van der Waals surface area contributed by atoms with E-state index in [0.29, 0.717) is 12.1 Å². The van der Waals surface area contributed by atoms with Crippen LogP contribution in [0.2, 0.25) is 0 Å². The van der Waals surface area contributed by atoms with Crippen LogP contribution in [0.25, 0.3) is 0 Å². The van der Waals surface area contributed by atoms with Gasteiger partial charge in [0, 0.05) is 16.7 Å². The number of anilines is 1. The van der Waals surface area contributed by atoms with Crippen LogP contribution < -0.4 is 5.32 Å². The molecule has 0 aliphatic heterocycles. The van der Waals surface area contributed by atoms with E-state index in [-0.39, 0.29) is 6.61 Å². The van der Waals surface area contributed by atoms with Gasteiger partial charge in [-0.1, -0.05) is 40.2 Å². The monoisotopic (exact) mass is 316 g/mol. The Labute approximate surface area is 120 Å². The van der Waals surface area contributed by atoms with E-state index in [1.54, 1.807) is 6.07 Å². The molecule has 0 spiro atoms. The Morgan fingerprint density at radius 3 is 2.42 bits per heavy atom. The van der Waals surface area contributed by atoms with Crippen molar-refractivity contribution in [3.8, 4) is 6.07 Å². The Balaban J connectivity index is 2.05. The van der Waals surface area contributed by atoms with Gasteiger partial charge < -0.3 is 10.4 Å². The molecule has 0 aromatic heterocycles. The first kappa shape index (κ1) is 13.6. The number of nitriles is 1. The van der Waals surface area contributed by atoms with Gasteiger partial charge in [0.25, 0.3) is 0 Å². The van der Waals surface area contributed by atoms with Crippen molar-refractivity contribution in [1.82, 2.24) is 0 Å². The molecule has 0 amide bonds. The van der Waals surface area contributed by atoms with E-state index in [9.17, 15) is 0 Å². The number of halogens is 1. The molecule has 0 saturated carbocycles. The highest BCUT2D eigenvalue weighted by Gasteiger charge is 1.99. The van der Waals surface area contributed by atoms with Crippen LogP contribution in [0.4, 0.5) is 5.69 Å². The van der Waals surface area contributed by atoms with Gasteiger partial charge in [-0.2, -0.15) is 5.26 Å². The van der Waals surface area contributed by atoms with E-state index in [0.717, 1.165) is 21.3 Å². The lowest BCUT2D eigenvalue weighted by atomic mass is 10.1. The van der Waals surface area contributed by atoms with Gasteiger partial charge in [-0.25, -0.2) is 0 Å². The molecule has 0 atom stereocenters. The van der Waals surface area contributed by atoms with E-state index in [4.69, 9.17) is 10.4 Å². The van der Waals surface area contributed by atoms with Crippen LogP contribution in [0.15, 0.2) is 46.9 Å².